The van der Waals surface area contributed by atoms with E-state index in [1.165, 1.54) is 0 Å². The number of nitrogens with one attached hydrogen (secondary N) is 1. The van der Waals surface area contributed by atoms with Gasteiger partial charge in [-0.3, -0.25) is 9.59 Å². The van der Waals surface area contributed by atoms with Gasteiger partial charge in [0.1, 0.15) is 6.04 Å². The molecule has 6 nitrogen and oxygen atoms in total. The van der Waals surface area contributed by atoms with Crippen molar-refractivity contribution in [3.63, 3.8) is 0 Å². The second kappa shape index (κ2) is 5.20. The number of nitrogens with zero attached hydrogens (tertiary/aromatic N) is 1. The molecule has 1 N–H and O–H groups in total. The molecule has 1 saturated heterocycles. The van der Waals surface area contributed by atoms with Crippen LogP contribution in [-0.4, -0.2) is 35.3 Å². The highest BCUT2D eigenvalue weighted by Crippen LogP contribution is 2.30. The van der Waals surface area contributed by atoms with Crippen molar-refractivity contribution < 1.29 is 19.1 Å². The lowest BCUT2D eigenvalue weighted by atomic mass is 10.1. The Labute approximate surface area is 122 Å². The Morgan fingerprint density at radius 3 is 3.00 bits per heavy atom. The molecule has 2 aliphatic heterocycles. The van der Waals surface area contributed by atoms with Crippen LogP contribution in [0.5, 0.6) is 0 Å². The Kier molecular flexibility index (Phi) is 3.37. The number of ether oxygens (including phenoxy) is 1. The maximum absolute atomic E-state index is 12.2. The summed E-state index contributed by atoms with van der Waals surface area (Å²) >= 11 is 0. The third kappa shape index (κ3) is 2.37. The Morgan fingerprint density at radius 2 is 2.24 bits per heavy atom. The van der Waals surface area contributed by atoms with Crippen LogP contribution in [-0.2, 0) is 20.9 Å². The van der Waals surface area contributed by atoms with Crippen LogP contribution in [0.25, 0.3) is 0 Å². The fraction of sp³-hybridized carbons (Fsp3) is 0.400. The standard InChI is InChI=1S/C15H16N2O4/c1-2-21-15(20)9-3-4-10-8-17-12(5-6-13(17)18)14(19)16-11(10)7-9/h3-4,7,12H,2,5-6,8H2,1H3,(H,16,19)/t12-/m1/s1. The number of anilines is 1. The summed E-state index contributed by atoms with van der Waals surface area (Å²) in [5.41, 5.74) is 1.80. The number of benzene rings is 1. The number of hydrogen-bond acceptors (Lipinski definition) is 4. The summed E-state index contributed by atoms with van der Waals surface area (Å²) in [6.07, 6.45) is 0.956. The summed E-state index contributed by atoms with van der Waals surface area (Å²) in [6, 6.07) is 4.62. The van der Waals surface area contributed by atoms with Crippen LogP contribution < -0.4 is 5.32 Å². The molecule has 0 unspecified atom stereocenters. The van der Waals surface area contributed by atoms with Crippen molar-refractivity contribution in [2.45, 2.75) is 32.4 Å². The van der Waals surface area contributed by atoms with Crippen LogP contribution in [0, 0.1) is 0 Å². The molecule has 6 heteroatoms. The van der Waals surface area contributed by atoms with E-state index in [0.29, 0.717) is 37.2 Å². The normalized spacial score (nSPS) is 20.4. The predicted octanol–water partition coefficient (Wildman–Crippen LogP) is 1.31. The van der Waals surface area contributed by atoms with Crippen molar-refractivity contribution >= 4 is 23.5 Å². The van der Waals surface area contributed by atoms with Crippen molar-refractivity contribution in [2.75, 3.05) is 11.9 Å². The molecule has 0 aliphatic carbocycles. The fourth-order valence-corrected chi connectivity index (χ4v) is 2.78. The van der Waals surface area contributed by atoms with Gasteiger partial charge in [-0.15, -0.1) is 0 Å². The van der Waals surface area contributed by atoms with Crippen LogP contribution in [0.2, 0.25) is 0 Å². The molecular formula is C15H16N2O4. The van der Waals surface area contributed by atoms with Crippen molar-refractivity contribution in [3.05, 3.63) is 29.3 Å². The summed E-state index contributed by atoms with van der Waals surface area (Å²) in [4.78, 5) is 37.4. The van der Waals surface area contributed by atoms with Gasteiger partial charge in [-0.2, -0.15) is 0 Å². The van der Waals surface area contributed by atoms with Crippen molar-refractivity contribution in [3.8, 4) is 0 Å². The van der Waals surface area contributed by atoms with Gasteiger partial charge < -0.3 is 15.0 Å². The van der Waals surface area contributed by atoms with E-state index in [2.05, 4.69) is 5.32 Å². The van der Waals surface area contributed by atoms with E-state index < -0.39 is 12.0 Å². The lowest BCUT2D eigenvalue weighted by Crippen LogP contribution is -2.38. The maximum atomic E-state index is 12.2. The van der Waals surface area contributed by atoms with E-state index >= 15 is 0 Å². The second-order valence-corrected chi connectivity index (χ2v) is 5.16. The molecule has 3 rings (SSSR count). The first-order valence-corrected chi connectivity index (χ1v) is 7.00. The number of esters is 1. The number of rotatable bonds is 2. The zero-order valence-corrected chi connectivity index (χ0v) is 11.7. The summed E-state index contributed by atoms with van der Waals surface area (Å²) < 4.78 is 4.95. The van der Waals surface area contributed by atoms with E-state index in [4.69, 9.17) is 4.74 Å². The second-order valence-electron chi connectivity index (χ2n) is 5.16. The number of carbonyl (C=O) groups is 3. The van der Waals surface area contributed by atoms with Crippen molar-refractivity contribution in [1.29, 1.82) is 0 Å². The first-order chi connectivity index (χ1) is 10.1. The SMILES string of the molecule is CCOC(=O)c1ccc2c(c1)NC(=O)[C@H]1CCC(=O)N1C2. The molecule has 1 aromatic rings. The molecule has 1 fully saturated rings. The van der Waals surface area contributed by atoms with Gasteiger partial charge in [0.25, 0.3) is 0 Å². The molecule has 21 heavy (non-hydrogen) atoms. The summed E-state index contributed by atoms with van der Waals surface area (Å²) in [5.74, 6) is -0.617. The van der Waals surface area contributed by atoms with Gasteiger partial charge in [0.05, 0.1) is 12.2 Å². The fourth-order valence-electron chi connectivity index (χ4n) is 2.78. The molecule has 2 amide bonds. The van der Waals surface area contributed by atoms with Crippen LogP contribution in [0.1, 0.15) is 35.7 Å². The lowest BCUT2D eigenvalue weighted by molar-refractivity contribution is -0.133. The average molecular weight is 288 g/mol. The topological polar surface area (TPSA) is 75.7 Å². The molecular weight excluding hydrogens is 272 g/mol. The van der Waals surface area contributed by atoms with E-state index in [1.807, 2.05) is 0 Å². The smallest absolute Gasteiger partial charge is 0.338 e. The molecule has 0 bridgehead atoms. The number of amides is 2. The van der Waals surface area contributed by atoms with Crippen LogP contribution in [0.3, 0.4) is 0 Å². The average Bonchev–Trinajstić information content (AvgIpc) is 2.75. The minimum absolute atomic E-state index is 0.00234. The highest BCUT2D eigenvalue weighted by molar-refractivity contribution is 6.01. The van der Waals surface area contributed by atoms with Crippen molar-refractivity contribution in [2.24, 2.45) is 0 Å². The number of fused-ring (bicyclic) bond motifs is 2. The molecule has 0 radical (unpaired) electrons. The monoisotopic (exact) mass is 288 g/mol. The molecule has 2 heterocycles. The zero-order valence-electron chi connectivity index (χ0n) is 11.7. The van der Waals surface area contributed by atoms with Gasteiger partial charge in [-0.1, -0.05) is 6.07 Å². The summed E-state index contributed by atoms with van der Waals surface area (Å²) in [6.45, 7) is 2.43. The Hall–Kier alpha value is -2.37. The largest absolute Gasteiger partial charge is 0.462 e. The van der Waals surface area contributed by atoms with E-state index in [-0.39, 0.29) is 11.8 Å². The zero-order chi connectivity index (χ0) is 15.0. The number of hydrogen-bond donors (Lipinski definition) is 1. The molecule has 2 aliphatic rings. The van der Waals surface area contributed by atoms with Gasteiger partial charge in [0.15, 0.2) is 0 Å². The van der Waals surface area contributed by atoms with Crippen LogP contribution in [0.4, 0.5) is 5.69 Å². The van der Waals surface area contributed by atoms with Gasteiger partial charge in [0.2, 0.25) is 11.8 Å². The molecule has 110 valence electrons. The quantitative estimate of drug-likeness (QED) is 0.832. The van der Waals surface area contributed by atoms with Gasteiger partial charge in [0, 0.05) is 18.7 Å². The van der Waals surface area contributed by atoms with E-state index in [9.17, 15) is 14.4 Å². The van der Waals surface area contributed by atoms with Gasteiger partial charge in [-0.25, -0.2) is 4.79 Å². The Bertz CT molecular complexity index is 626. The maximum Gasteiger partial charge on any atom is 0.338 e. The minimum Gasteiger partial charge on any atom is -0.462 e. The Morgan fingerprint density at radius 1 is 1.43 bits per heavy atom. The van der Waals surface area contributed by atoms with E-state index in [1.54, 1.807) is 30.0 Å². The van der Waals surface area contributed by atoms with Crippen LogP contribution in [0.15, 0.2) is 18.2 Å². The van der Waals surface area contributed by atoms with Gasteiger partial charge in [-0.05, 0) is 31.0 Å². The summed E-state index contributed by atoms with van der Waals surface area (Å²) in [5, 5.41) is 2.81. The number of carbonyl (C=O) groups excluding carboxylic acids is 3. The first kappa shape index (κ1) is 13.6. The Balaban J connectivity index is 1.94. The van der Waals surface area contributed by atoms with Gasteiger partial charge >= 0.3 is 5.97 Å². The molecule has 0 saturated carbocycles. The third-order valence-electron chi connectivity index (χ3n) is 3.85. The third-order valence-corrected chi connectivity index (χ3v) is 3.85. The highest BCUT2D eigenvalue weighted by Gasteiger charge is 2.38. The first-order valence-electron chi connectivity index (χ1n) is 7.00. The molecule has 1 aromatic carbocycles. The highest BCUT2D eigenvalue weighted by atomic mass is 16.5. The molecule has 0 aromatic heterocycles. The minimum atomic E-state index is -0.421. The lowest BCUT2D eigenvalue weighted by Gasteiger charge is -2.19. The molecule has 1 atom stereocenters. The van der Waals surface area contributed by atoms with E-state index in [0.717, 1.165) is 5.56 Å². The molecule has 0 spiro atoms. The summed E-state index contributed by atoms with van der Waals surface area (Å²) in [7, 11) is 0. The van der Waals surface area contributed by atoms with Crippen LogP contribution >= 0.6 is 0 Å². The van der Waals surface area contributed by atoms with Crippen molar-refractivity contribution in [1.82, 2.24) is 4.90 Å². The predicted molar refractivity (Wildman–Crippen MR) is 74.6 cm³/mol.